The summed E-state index contributed by atoms with van der Waals surface area (Å²) in [5, 5.41) is 2.75. The Labute approximate surface area is 176 Å². The number of carbonyl (C=O) groups is 1. The van der Waals surface area contributed by atoms with Crippen LogP contribution >= 0.6 is 0 Å². The molecule has 1 saturated heterocycles. The molecule has 1 amide bonds. The second-order valence-electron chi connectivity index (χ2n) is 7.17. The van der Waals surface area contributed by atoms with Gasteiger partial charge in [-0.3, -0.25) is 14.6 Å². The fourth-order valence-electron chi connectivity index (χ4n) is 3.27. The summed E-state index contributed by atoms with van der Waals surface area (Å²) in [7, 11) is -1.88. The van der Waals surface area contributed by atoms with Crippen molar-refractivity contribution in [3.8, 4) is 5.75 Å². The smallest absolute Gasteiger partial charge is 0.238 e. The minimum atomic E-state index is -3.39. The average Bonchev–Trinajstić information content (AvgIpc) is 2.75. The lowest BCUT2D eigenvalue weighted by atomic mass is 10.3. The molecule has 0 aromatic heterocycles. The van der Waals surface area contributed by atoms with Crippen LogP contribution in [0.2, 0.25) is 0 Å². The summed E-state index contributed by atoms with van der Waals surface area (Å²) in [5.74, 6) is 0.0439. The Morgan fingerprint density at radius 3 is 2.40 bits per heavy atom. The molecule has 0 atom stereocenters. The molecule has 0 saturated carbocycles. The third-order valence-corrected chi connectivity index (χ3v) is 6.73. The van der Waals surface area contributed by atoms with Gasteiger partial charge in [0.25, 0.3) is 0 Å². The Morgan fingerprint density at radius 1 is 1.07 bits per heavy atom. The third kappa shape index (κ3) is 6.25. The topological polar surface area (TPSA) is 79.0 Å². The quantitative estimate of drug-likeness (QED) is 0.682. The van der Waals surface area contributed by atoms with Gasteiger partial charge in [-0.25, -0.2) is 12.8 Å². The van der Waals surface area contributed by atoms with Crippen LogP contribution in [0.1, 0.15) is 0 Å². The zero-order valence-corrected chi connectivity index (χ0v) is 17.7. The number of piperazine rings is 1. The molecular weight excluding hydrogens is 409 g/mol. The van der Waals surface area contributed by atoms with E-state index in [0.29, 0.717) is 44.2 Å². The second kappa shape index (κ2) is 10.0. The molecule has 0 bridgehead atoms. The Bertz CT molecular complexity index is 958. The van der Waals surface area contributed by atoms with Crippen LogP contribution in [0.15, 0.2) is 53.4 Å². The Morgan fingerprint density at radius 2 is 1.73 bits per heavy atom. The summed E-state index contributed by atoms with van der Waals surface area (Å²) in [6.07, 6.45) is 0. The van der Waals surface area contributed by atoms with Gasteiger partial charge in [-0.1, -0.05) is 6.07 Å². The molecule has 0 spiro atoms. The molecular formula is C21H26FN3O4S. The van der Waals surface area contributed by atoms with Crippen LogP contribution < -0.4 is 10.1 Å². The van der Waals surface area contributed by atoms with Crippen LogP contribution in [0.25, 0.3) is 0 Å². The maximum atomic E-state index is 12.9. The molecule has 1 N–H and O–H groups in total. The Kier molecular flexibility index (Phi) is 7.41. The normalized spacial score (nSPS) is 15.7. The fraction of sp³-hybridized carbons (Fsp3) is 0.381. The first-order valence-electron chi connectivity index (χ1n) is 9.73. The van der Waals surface area contributed by atoms with Gasteiger partial charge in [-0.2, -0.15) is 0 Å². The number of nitrogens with zero attached hydrogens (tertiary/aromatic N) is 2. The molecule has 2 aromatic rings. The number of ether oxygens (including phenoxy) is 1. The number of sulfone groups is 1. The predicted molar refractivity (Wildman–Crippen MR) is 113 cm³/mol. The van der Waals surface area contributed by atoms with Crippen LogP contribution in [-0.4, -0.2) is 76.3 Å². The van der Waals surface area contributed by atoms with Crippen LogP contribution in [0, 0.1) is 5.82 Å². The third-order valence-electron chi connectivity index (χ3n) is 5.04. The highest BCUT2D eigenvalue weighted by Gasteiger charge is 2.22. The first-order valence-corrected chi connectivity index (χ1v) is 11.4. The second-order valence-corrected chi connectivity index (χ2v) is 9.28. The van der Waals surface area contributed by atoms with Gasteiger partial charge in [0.1, 0.15) is 11.6 Å². The molecule has 0 aliphatic carbocycles. The van der Waals surface area contributed by atoms with Crippen LogP contribution in [0.3, 0.4) is 0 Å². The number of hydrogen-bond acceptors (Lipinski definition) is 6. The van der Waals surface area contributed by atoms with Gasteiger partial charge in [0.2, 0.25) is 5.91 Å². The first-order chi connectivity index (χ1) is 14.4. The first kappa shape index (κ1) is 22.2. The molecule has 30 heavy (non-hydrogen) atoms. The van der Waals surface area contributed by atoms with Crippen molar-refractivity contribution in [1.29, 1.82) is 0 Å². The van der Waals surface area contributed by atoms with Crippen molar-refractivity contribution in [1.82, 2.24) is 9.80 Å². The van der Waals surface area contributed by atoms with Crippen molar-refractivity contribution in [3.63, 3.8) is 0 Å². The molecule has 3 rings (SSSR count). The summed E-state index contributed by atoms with van der Waals surface area (Å²) in [5.41, 5.74) is 0.558. The zero-order valence-electron chi connectivity index (χ0n) is 16.9. The van der Waals surface area contributed by atoms with Crippen molar-refractivity contribution in [2.45, 2.75) is 4.90 Å². The molecule has 0 radical (unpaired) electrons. The largest absolute Gasteiger partial charge is 0.497 e. The van der Waals surface area contributed by atoms with Crippen molar-refractivity contribution >= 4 is 21.4 Å². The van der Waals surface area contributed by atoms with E-state index in [0.717, 1.165) is 0 Å². The van der Waals surface area contributed by atoms with Gasteiger partial charge in [0, 0.05) is 38.4 Å². The van der Waals surface area contributed by atoms with Crippen LogP contribution in [-0.2, 0) is 14.6 Å². The molecule has 1 fully saturated rings. The van der Waals surface area contributed by atoms with Crippen molar-refractivity contribution < 1.29 is 22.3 Å². The van der Waals surface area contributed by atoms with E-state index in [-0.39, 0.29) is 28.9 Å². The van der Waals surface area contributed by atoms with Gasteiger partial charge in [0.15, 0.2) is 9.84 Å². The highest BCUT2D eigenvalue weighted by Crippen LogP contribution is 2.18. The predicted octanol–water partition coefficient (Wildman–Crippen LogP) is 1.86. The number of halogens is 1. The lowest BCUT2D eigenvalue weighted by Gasteiger charge is -2.34. The summed E-state index contributed by atoms with van der Waals surface area (Å²) < 4.78 is 43.2. The molecule has 7 nitrogen and oxygen atoms in total. The van der Waals surface area contributed by atoms with E-state index in [1.165, 1.54) is 37.4 Å². The zero-order chi connectivity index (χ0) is 21.6. The number of rotatable bonds is 8. The van der Waals surface area contributed by atoms with E-state index >= 15 is 0 Å². The number of carbonyl (C=O) groups excluding carboxylic acids is 1. The number of amides is 1. The fourth-order valence-corrected chi connectivity index (χ4v) is 4.59. The number of anilines is 1. The lowest BCUT2D eigenvalue weighted by Crippen LogP contribution is -2.49. The molecule has 9 heteroatoms. The van der Waals surface area contributed by atoms with E-state index < -0.39 is 9.84 Å². The van der Waals surface area contributed by atoms with Crippen molar-refractivity contribution in [3.05, 3.63) is 54.3 Å². The summed E-state index contributed by atoms with van der Waals surface area (Å²) in [6, 6.07) is 12.1. The minimum absolute atomic E-state index is 0.0330. The molecule has 1 heterocycles. The molecule has 2 aromatic carbocycles. The SMILES string of the molecule is COc1cccc(S(=O)(=O)CCN2CCN(CC(=O)Nc3ccc(F)cc3)CC2)c1. The van der Waals surface area contributed by atoms with Crippen molar-refractivity contribution in [2.75, 3.05) is 57.4 Å². The molecule has 1 aliphatic rings. The van der Waals surface area contributed by atoms with E-state index in [2.05, 4.69) is 10.2 Å². The van der Waals surface area contributed by atoms with Crippen LogP contribution in [0.4, 0.5) is 10.1 Å². The average molecular weight is 436 g/mol. The minimum Gasteiger partial charge on any atom is -0.497 e. The molecule has 162 valence electrons. The van der Waals surface area contributed by atoms with Gasteiger partial charge in [0.05, 0.1) is 24.3 Å². The van der Waals surface area contributed by atoms with Crippen molar-refractivity contribution in [2.24, 2.45) is 0 Å². The molecule has 0 unspecified atom stereocenters. The van der Waals surface area contributed by atoms with Gasteiger partial charge in [-0.05, 0) is 42.5 Å². The standard InChI is InChI=1S/C21H26FN3O4S/c1-29-19-3-2-4-20(15-19)30(27,28)14-13-24-9-11-25(12-10-24)16-21(26)23-18-7-5-17(22)6-8-18/h2-8,15H,9-14,16H2,1H3,(H,23,26). The number of nitrogens with one attached hydrogen (secondary N) is 1. The molecule has 1 aliphatic heterocycles. The van der Waals surface area contributed by atoms with Gasteiger partial charge in [-0.15, -0.1) is 0 Å². The van der Waals surface area contributed by atoms with E-state index in [9.17, 15) is 17.6 Å². The maximum absolute atomic E-state index is 12.9. The van der Waals surface area contributed by atoms with E-state index in [1.54, 1.807) is 18.2 Å². The van der Waals surface area contributed by atoms with E-state index in [4.69, 9.17) is 4.74 Å². The van der Waals surface area contributed by atoms with Gasteiger partial charge < -0.3 is 10.1 Å². The van der Waals surface area contributed by atoms with E-state index in [1.807, 2.05) is 4.90 Å². The summed E-state index contributed by atoms with van der Waals surface area (Å²) >= 11 is 0. The lowest BCUT2D eigenvalue weighted by molar-refractivity contribution is -0.117. The Balaban J connectivity index is 1.43. The van der Waals surface area contributed by atoms with Crippen LogP contribution in [0.5, 0.6) is 5.75 Å². The number of methoxy groups -OCH3 is 1. The Hall–Kier alpha value is -2.49. The maximum Gasteiger partial charge on any atom is 0.238 e. The number of benzene rings is 2. The highest BCUT2D eigenvalue weighted by atomic mass is 32.2. The summed E-state index contributed by atoms with van der Waals surface area (Å²) in [4.78, 5) is 16.5. The number of hydrogen-bond donors (Lipinski definition) is 1. The monoisotopic (exact) mass is 435 g/mol. The summed E-state index contributed by atoms with van der Waals surface area (Å²) in [6.45, 7) is 3.42. The van der Waals surface area contributed by atoms with Gasteiger partial charge >= 0.3 is 0 Å². The highest BCUT2D eigenvalue weighted by molar-refractivity contribution is 7.91.